The maximum atomic E-state index is 13.6. The third-order valence-electron chi connectivity index (χ3n) is 5.54. The summed E-state index contributed by atoms with van der Waals surface area (Å²) >= 11 is 0. The summed E-state index contributed by atoms with van der Waals surface area (Å²) in [6, 6.07) is 9.29. The second-order valence-corrected chi connectivity index (χ2v) is 7.90. The van der Waals surface area contributed by atoms with Gasteiger partial charge in [-0.2, -0.15) is 0 Å². The van der Waals surface area contributed by atoms with Crippen LogP contribution >= 0.6 is 0 Å². The summed E-state index contributed by atoms with van der Waals surface area (Å²) in [5, 5.41) is 0. The van der Waals surface area contributed by atoms with Crippen LogP contribution in [0, 0.1) is 6.92 Å². The Balaban J connectivity index is 2.10. The number of aromatic amines is 1. The molecule has 0 saturated heterocycles. The summed E-state index contributed by atoms with van der Waals surface area (Å²) in [7, 11) is 0. The Hall–Kier alpha value is -3.55. The maximum Gasteiger partial charge on any atom is 0.330 e. The lowest BCUT2D eigenvalue weighted by Gasteiger charge is -2.25. The Morgan fingerprint density at radius 1 is 1.09 bits per heavy atom. The first-order valence-corrected chi connectivity index (χ1v) is 11.1. The number of hydrogen-bond donors (Lipinski definition) is 2. The number of nitrogen functional groups attached to an aromatic ring is 1. The molecule has 0 fully saturated rings. The van der Waals surface area contributed by atoms with Crippen molar-refractivity contribution >= 4 is 17.4 Å². The summed E-state index contributed by atoms with van der Waals surface area (Å²) < 4.78 is 3.28. The number of carbonyl (C=O) groups is 1. The van der Waals surface area contributed by atoms with Gasteiger partial charge in [0.2, 0.25) is 0 Å². The minimum absolute atomic E-state index is 0.0226. The monoisotopic (exact) mass is 437 g/mol. The van der Waals surface area contributed by atoms with Crippen molar-refractivity contribution in [1.29, 1.82) is 0 Å². The highest BCUT2D eigenvalue weighted by atomic mass is 16.2. The average molecular weight is 438 g/mol. The molecule has 1 aromatic carbocycles. The first-order valence-electron chi connectivity index (χ1n) is 11.1. The lowest BCUT2D eigenvalue weighted by atomic mass is 10.1. The maximum absolute atomic E-state index is 13.6. The van der Waals surface area contributed by atoms with Gasteiger partial charge in [-0.25, -0.2) is 4.79 Å². The van der Waals surface area contributed by atoms with Crippen molar-refractivity contribution in [3.8, 4) is 5.69 Å². The van der Waals surface area contributed by atoms with E-state index in [0.717, 1.165) is 30.5 Å². The van der Waals surface area contributed by atoms with Crippen LogP contribution in [0.5, 0.6) is 0 Å². The molecule has 8 nitrogen and oxygen atoms in total. The molecule has 2 heterocycles. The standard InChI is InChI=1S/C24H31N5O3/c1-4-6-14-28(20-21(25)29(15-7-5-2)24(32)26-22(20)30)23(31)18-11-10-17(3)19(16-18)27-12-8-9-13-27/h8-13,16H,4-7,14-15,25H2,1-3H3,(H,26,30,32). The number of aromatic nitrogens is 3. The number of H-pyrrole nitrogens is 1. The predicted molar refractivity (Wildman–Crippen MR) is 128 cm³/mol. The fourth-order valence-corrected chi connectivity index (χ4v) is 3.68. The van der Waals surface area contributed by atoms with Crippen LogP contribution < -0.4 is 21.9 Å². The number of nitrogens with two attached hydrogens (primary N) is 1. The van der Waals surface area contributed by atoms with Gasteiger partial charge in [0, 0.05) is 36.7 Å². The van der Waals surface area contributed by atoms with Crippen LogP contribution in [0.3, 0.4) is 0 Å². The second kappa shape index (κ2) is 10.2. The number of carbonyl (C=O) groups excluding carboxylic acids is 1. The quantitative estimate of drug-likeness (QED) is 0.535. The predicted octanol–water partition coefficient (Wildman–Crippen LogP) is 3.46. The summed E-state index contributed by atoms with van der Waals surface area (Å²) in [4.78, 5) is 42.5. The number of nitrogens with one attached hydrogen (secondary N) is 1. The van der Waals surface area contributed by atoms with Crippen molar-refractivity contribution in [2.45, 2.75) is 53.0 Å². The molecule has 0 spiro atoms. The van der Waals surface area contributed by atoms with Crippen LogP contribution in [0.1, 0.15) is 55.5 Å². The van der Waals surface area contributed by atoms with Gasteiger partial charge in [0.15, 0.2) is 5.69 Å². The van der Waals surface area contributed by atoms with E-state index in [1.54, 1.807) is 6.07 Å². The highest BCUT2D eigenvalue weighted by Crippen LogP contribution is 2.23. The zero-order valence-electron chi connectivity index (χ0n) is 18.9. The zero-order chi connectivity index (χ0) is 23.3. The molecular weight excluding hydrogens is 406 g/mol. The van der Waals surface area contributed by atoms with Crippen LogP contribution in [0.15, 0.2) is 52.3 Å². The molecule has 0 atom stereocenters. The molecule has 8 heteroatoms. The molecule has 0 saturated carbocycles. The molecule has 0 aliphatic heterocycles. The Morgan fingerprint density at radius 3 is 2.44 bits per heavy atom. The number of unbranched alkanes of at least 4 members (excludes halogenated alkanes) is 2. The van der Waals surface area contributed by atoms with Crippen LogP contribution in [0.25, 0.3) is 5.69 Å². The van der Waals surface area contributed by atoms with Crippen molar-refractivity contribution in [2.24, 2.45) is 0 Å². The van der Waals surface area contributed by atoms with E-state index in [2.05, 4.69) is 4.98 Å². The lowest BCUT2D eigenvalue weighted by Crippen LogP contribution is -2.41. The minimum Gasteiger partial charge on any atom is -0.383 e. The fraction of sp³-hybridized carbons (Fsp3) is 0.375. The molecule has 0 radical (unpaired) electrons. The van der Waals surface area contributed by atoms with Crippen LogP contribution in [0.4, 0.5) is 11.5 Å². The number of amides is 1. The topological polar surface area (TPSA) is 106 Å². The van der Waals surface area contributed by atoms with Crippen molar-refractivity contribution in [3.63, 3.8) is 0 Å². The van der Waals surface area contributed by atoms with E-state index in [1.807, 2.05) is 62.0 Å². The molecule has 2 aromatic heterocycles. The van der Waals surface area contributed by atoms with Crippen LogP contribution in [-0.2, 0) is 6.54 Å². The van der Waals surface area contributed by atoms with E-state index < -0.39 is 11.2 Å². The Morgan fingerprint density at radius 2 is 1.78 bits per heavy atom. The SMILES string of the molecule is CCCCN(C(=O)c1ccc(C)c(-n2cccc2)c1)c1c(N)n(CCCC)c(=O)[nH]c1=O. The Labute approximate surface area is 187 Å². The number of aryl methyl sites for hydroxylation is 1. The second-order valence-electron chi connectivity index (χ2n) is 7.90. The van der Waals surface area contributed by atoms with E-state index in [-0.39, 0.29) is 17.4 Å². The third-order valence-corrected chi connectivity index (χ3v) is 5.54. The van der Waals surface area contributed by atoms with E-state index in [1.165, 1.54) is 9.47 Å². The number of benzene rings is 1. The minimum atomic E-state index is -0.651. The molecule has 1 amide bonds. The fourth-order valence-electron chi connectivity index (χ4n) is 3.68. The molecule has 170 valence electrons. The van der Waals surface area contributed by atoms with Crippen molar-refractivity contribution in [3.05, 3.63) is 74.7 Å². The molecule has 0 bridgehead atoms. The highest BCUT2D eigenvalue weighted by Gasteiger charge is 2.25. The molecule has 0 aliphatic rings. The van der Waals surface area contributed by atoms with Crippen molar-refractivity contribution < 1.29 is 4.79 Å². The number of anilines is 2. The van der Waals surface area contributed by atoms with Gasteiger partial charge in [-0.05, 0) is 49.6 Å². The van der Waals surface area contributed by atoms with E-state index >= 15 is 0 Å². The average Bonchev–Trinajstić information content (AvgIpc) is 3.30. The van der Waals surface area contributed by atoms with Gasteiger partial charge < -0.3 is 15.2 Å². The first-order chi connectivity index (χ1) is 15.4. The normalized spacial score (nSPS) is 11.0. The smallest absolute Gasteiger partial charge is 0.330 e. The molecule has 0 unspecified atom stereocenters. The Kier molecular flexibility index (Phi) is 7.35. The molecular formula is C24H31N5O3. The summed E-state index contributed by atoms with van der Waals surface area (Å²) in [5.41, 5.74) is 7.45. The lowest BCUT2D eigenvalue weighted by molar-refractivity contribution is 0.0986. The largest absolute Gasteiger partial charge is 0.383 e. The Bertz CT molecular complexity index is 1190. The van der Waals surface area contributed by atoms with Crippen LogP contribution in [-0.4, -0.2) is 26.6 Å². The number of rotatable bonds is 9. The van der Waals surface area contributed by atoms with Gasteiger partial charge in [-0.1, -0.05) is 32.8 Å². The third kappa shape index (κ3) is 4.69. The number of nitrogens with zero attached hydrogens (tertiary/aromatic N) is 3. The van der Waals surface area contributed by atoms with Gasteiger partial charge in [-0.3, -0.25) is 19.1 Å². The number of hydrogen-bond acceptors (Lipinski definition) is 4. The van der Waals surface area contributed by atoms with E-state index in [4.69, 9.17) is 5.73 Å². The van der Waals surface area contributed by atoms with Gasteiger partial charge in [0.05, 0.1) is 0 Å². The summed E-state index contributed by atoms with van der Waals surface area (Å²) in [6.07, 6.45) is 6.95. The van der Waals surface area contributed by atoms with Crippen LogP contribution in [0.2, 0.25) is 0 Å². The molecule has 0 aliphatic carbocycles. The highest BCUT2D eigenvalue weighted by molar-refractivity contribution is 6.07. The van der Waals surface area contributed by atoms with Gasteiger partial charge in [0.25, 0.3) is 11.5 Å². The van der Waals surface area contributed by atoms with Gasteiger partial charge in [-0.15, -0.1) is 0 Å². The summed E-state index contributed by atoms with van der Waals surface area (Å²) in [5.74, 6) is -0.306. The van der Waals surface area contributed by atoms with Crippen molar-refractivity contribution in [2.75, 3.05) is 17.2 Å². The molecule has 32 heavy (non-hydrogen) atoms. The molecule has 3 rings (SSSR count). The molecule has 3 aromatic rings. The van der Waals surface area contributed by atoms with E-state index in [9.17, 15) is 14.4 Å². The first kappa shape index (κ1) is 23.1. The van der Waals surface area contributed by atoms with Gasteiger partial charge >= 0.3 is 5.69 Å². The van der Waals surface area contributed by atoms with Crippen molar-refractivity contribution in [1.82, 2.24) is 14.1 Å². The summed E-state index contributed by atoms with van der Waals surface area (Å²) in [6.45, 7) is 6.69. The van der Waals surface area contributed by atoms with E-state index in [0.29, 0.717) is 25.1 Å². The molecule has 3 N–H and O–H groups in total. The zero-order valence-corrected chi connectivity index (χ0v) is 18.9. The van der Waals surface area contributed by atoms with Gasteiger partial charge in [0.1, 0.15) is 5.82 Å².